The van der Waals surface area contributed by atoms with Crippen LogP contribution in [-0.4, -0.2) is 27.8 Å². The largest absolute Gasteiger partial charge is 0.390 e. The third-order valence-corrected chi connectivity index (χ3v) is 2.47. The van der Waals surface area contributed by atoms with Crippen LogP contribution in [0, 0.1) is 17.0 Å². The van der Waals surface area contributed by atoms with Gasteiger partial charge < -0.3 is 10.2 Å². The van der Waals surface area contributed by atoms with Gasteiger partial charge in [-0.25, -0.2) is 0 Å². The Morgan fingerprint density at radius 1 is 1.56 bits per heavy atom. The SMILES string of the molecule is Cc1cccc(C(O)C(O)CN=[N+]=[N-])c1[N+](=O)[O-]. The molecule has 0 bridgehead atoms. The first kappa shape index (κ1) is 13.9. The fraction of sp³-hybridized carbons (Fsp3) is 0.400. The van der Waals surface area contributed by atoms with Gasteiger partial charge in [0, 0.05) is 10.5 Å². The van der Waals surface area contributed by atoms with Gasteiger partial charge in [0.05, 0.1) is 23.1 Å². The van der Waals surface area contributed by atoms with E-state index in [1.807, 2.05) is 0 Å². The maximum atomic E-state index is 10.9. The van der Waals surface area contributed by atoms with E-state index in [1.54, 1.807) is 6.07 Å². The van der Waals surface area contributed by atoms with E-state index in [-0.39, 0.29) is 17.8 Å². The van der Waals surface area contributed by atoms with Crippen LogP contribution in [0.3, 0.4) is 0 Å². The quantitative estimate of drug-likeness (QED) is 0.270. The molecule has 96 valence electrons. The van der Waals surface area contributed by atoms with Gasteiger partial charge in [0.15, 0.2) is 0 Å². The number of nitro groups is 1. The van der Waals surface area contributed by atoms with Gasteiger partial charge in [0.25, 0.3) is 5.69 Å². The Kier molecular flexibility index (Phi) is 4.61. The third-order valence-electron chi connectivity index (χ3n) is 2.47. The summed E-state index contributed by atoms with van der Waals surface area (Å²) in [4.78, 5) is 12.7. The summed E-state index contributed by atoms with van der Waals surface area (Å²) < 4.78 is 0. The second-order valence-electron chi connectivity index (χ2n) is 3.70. The Morgan fingerprint density at radius 3 is 2.78 bits per heavy atom. The second-order valence-corrected chi connectivity index (χ2v) is 3.70. The zero-order valence-electron chi connectivity index (χ0n) is 9.59. The van der Waals surface area contributed by atoms with Gasteiger partial charge in [0.1, 0.15) is 6.10 Å². The Bertz CT molecular complexity index is 499. The van der Waals surface area contributed by atoms with E-state index in [2.05, 4.69) is 10.0 Å². The number of benzene rings is 1. The molecule has 1 aromatic carbocycles. The van der Waals surface area contributed by atoms with Crippen molar-refractivity contribution in [3.63, 3.8) is 0 Å². The summed E-state index contributed by atoms with van der Waals surface area (Å²) in [6.45, 7) is 1.18. The zero-order valence-corrected chi connectivity index (χ0v) is 9.59. The molecule has 0 aliphatic carbocycles. The molecule has 2 atom stereocenters. The number of nitrogens with zero attached hydrogens (tertiary/aromatic N) is 4. The topological polar surface area (TPSA) is 132 Å². The van der Waals surface area contributed by atoms with Crippen LogP contribution >= 0.6 is 0 Å². The standard InChI is InChI=1S/C10H12N4O4/c1-6-3-2-4-7(9(6)14(17)18)10(16)8(15)5-12-13-11/h2-4,8,10,15-16H,5H2,1H3. The first-order valence-corrected chi connectivity index (χ1v) is 5.10. The monoisotopic (exact) mass is 252 g/mol. The molecule has 0 heterocycles. The Morgan fingerprint density at radius 2 is 2.22 bits per heavy atom. The van der Waals surface area contributed by atoms with Crippen LogP contribution in [0.25, 0.3) is 10.4 Å². The van der Waals surface area contributed by atoms with Crippen LogP contribution in [-0.2, 0) is 0 Å². The number of aliphatic hydroxyl groups is 2. The van der Waals surface area contributed by atoms with Crippen LogP contribution < -0.4 is 0 Å². The van der Waals surface area contributed by atoms with Crippen LogP contribution in [0.2, 0.25) is 0 Å². The van der Waals surface area contributed by atoms with Gasteiger partial charge in [-0.1, -0.05) is 17.2 Å². The van der Waals surface area contributed by atoms with Gasteiger partial charge in [-0.05, 0) is 18.5 Å². The van der Waals surface area contributed by atoms with E-state index in [0.717, 1.165) is 0 Å². The summed E-state index contributed by atoms with van der Waals surface area (Å²) in [6.07, 6.45) is -2.86. The Hall–Kier alpha value is -2.15. The van der Waals surface area contributed by atoms with E-state index in [4.69, 9.17) is 5.53 Å². The molecule has 0 aliphatic heterocycles. The lowest BCUT2D eigenvalue weighted by molar-refractivity contribution is -0.386. The number of rotatable bonds is 5. The van der Waals surface area contributed by atoms with Gasteiger partial charge >= 0.3 is 0 Å². The summed E-state index contributed by atoms with van der Waals surface area (Å²) in [5.41, 5.74) is 8.25. The molecule has 0 saturated carbocycles. The molecular formula is C10H12N4O4. The molecule has 0 saturated heterocycles. The van der Waals surface area contributed by atoms with E-state index in [1.165, 1.54) is 19.1 Å². The highest BCUT2D eigenvalue weighted by Crippen LogP contribution is 2.30. The molecule has 8 nitrogen and oxygen atoms in total. The molecule has 0 radical (unpaired) electrons. The van der Waals surface area contributed by atoms with Gasteiger partial charge in [-0.2, -0.15) is 0 Å². The fourth-order valence-corrected chi connectivity index (χ4v) is 1.60. The maximum absolute atomic E-state index is 10.9. The van der Waals surface area contributed by atoms with E-state index < -0.39 is 17.1 Å². The first-order chi connectivity index (χ1) is 8.49. The highest BCUT2D eigenvalue weighted by atomic mass is 16.6. The second kappa shape index (κ2) is 5.97. The summed E-state index contributed by atoms with van der Waals surface area (Å²) in [7, 11) is 0. The van der Waals surface area contributed by atoms with E-state index in [0.29, 0.717) is 5.56 Å². The van der Waals surface area contributed by atoms with Crippen molar-refractivity contribution in [2.75, 3.05) is 6.54 Å². The number of para-hydroxylation sites is 1. The number of azide groups is 1. The summed E-state index contributed by atoms with van der Waals surface area (Å²) in [5.74, 6) is 0. The van der Waals surface area contributed by atoms with Gasteiger partial charge in [-0.3, -0.25) is 10.1 Å². The zero-order chi connectivity index (χ0) is 13.7. The molecule has 0 fully saturated rings. The molecule has 2 N–H and O–H groups in total. The predicted octanol–water partition coefficient (Wildman–Crippen LogP) is 1.61. The van der Waals surface area contributed by atoms with Crippen molar-refractivity contribution in [2.45, 2.75) is 19.1 Å². The van der Waals surface area contributed by atoms with E-state index >= 15 is 0 Å². The van der Waals surface area contributed by atoms with Gasteiger partial charge in [0.2, 0.25) is 0 Å². The fourth-order valence-electron chi connectivity index (χ4n) is 1.60. The number of aryl methyl sites for hydroxylation is 1. The first-order valence-electron chi connectivity index (χ1n) is 5.10. The number of aliphatic hydroxyl groups excluding tert-OH is 2. The average Bonchev–Trinajstić information content (AvgIpc) is 2.34. The molecule has 0 aromatic heterocycles. The minimum absolute atomic E-state index is 0.000592. The number of hydrogen-bond acceptors (Lipinski definition) is 5. The van der Waals surface area contributed by atoms with Crippen molar-refractivity contribution < 1.29 is 15.1 Å². The Balaban J connectivity index is 3.12. The molecule has 0 amide bonds. The van der Waals surface area contributed by atoms with Crippen LogP contribution in [0.1, 0.15) is 17.2 Å². The number of nitro benzene ring substituents is 1. The normalized spacial score (nSPS) is 13.5. The van der Waals surface area contributed by atoms with E-state index in [9.17, 15) is 20.3 Å². The molecule has 18 heavy (non-hydrogen) atoms. The van der Waals surface area contributed by atoms with Crippen molar-refractivity contribution in [3.8, 4) is 0 Å². The molecule has 0 aliphatic rings. The molecule has 1 aromatic rings. The molecule has 2 unspecified atom stereocenters. The Labute approximate surface area is 102 Å². The maximum Gasteiger partial charge on any atom is 0.278 e. The predicted molar refractivity (Wildman–Crippen MR) is 62.8 cm³/mol. The highest BCUT2D eigenvalue weighted by molar-refractivity contribution is 5.48. The lowest BCUT2D eigenvalue weighted by Crippen LogP contribution is -2.22. The van der Waals surface area contributed by atoms with Crippen LogP contribution in [0.4, 0.5) is 5.69 Å². The van der Waals surface area contributed by atoms with Crippen molar-refractivity contribution in [1.82, 2.24) is 0 Å². The minimum atomic E-state index is -1.48. The van der Waals surface area contributed by atoms with Crippen molar-refractivity contribution in [3.05, 3.63) is 49.9 Å². The van der Waals surface area contributed by atoms with Crippen molar-refractivity contribution in [1.29, 1.82) is 0 Å². The van der Waals surface area contributed by atoms with Crippen LogP contribution in [0.5, 0.6) is 0 Å². The molecule has 0 spiro atoms. The lowest BCUT2D eigenvalue weighted by Gasteiger charge is -2.16. The van der Waals surface area contributed by atoms with Gasteiger partial charge in [-0.15, -0.1) is 0 Å². The number of hydrogen-bond donors (Lipinski definition) is 2. The molecule has 8 heteroatoms. The summed E-state index contributed by atoms with van der Waals surface area (Å²) >= 11 is 0. The lowest BCUT2D eigenvalue weighted by atomic mass is 10.00. The molecule has 1 rings (SSSR count). The minimum Gasteiger partial charge on any atom is -0.390 e. The smallest absolute Gasteiger partial charge is 0.278 e. The van der Waals surface area contributed by atoms with Crippen molar-refractivity contribution >= 4 is 5.69 Å². The van der Waals surface area contributed by atoms with Crippen molar-refractivity contribution in [2.24, 2.45) is 5.11 Å². The van der Waals surface area contributed by atoms with Crippen LogP contribution in [0.15, 0.2) is 23.3 Å². The average molecular weight is 252 g/mol. The summed E-state index contributed by atoms with van der Waals surface area (Å²) in [5, 5.41) is 33.4. The highest BCUT2D eigenvalue weighted by Gasteiger charge is 2.27. The molecular weight excluding hydrogens is 240 g/mol. The third kappa shape index (κ3) is 2.95. The summed E-state index contributed by atoms with van der Waals surface area (Å²) in [6, 6.07) is 4.43.